The predicted octanol–water partition coefficient (Wildman–Crippen LogP) is 4.69. The van der Waals surface area contributed by atoms with Crippen LogP contribution in [0.2, 0.25) is 5.02 Å². The van der Waals surface area contributed by atoms with Crippen LogP contribution in [0.15, 0.2) is 18.2 Å². The van der Waals surface area contributed by atoms with Gasteiger partial charge in [0.05, 0.1) is 16.3 Å². The van der Waals surface area contributed by atoms with Crippen molar-refractivity contribution in [3.8, 4) is 0 Å². The lowest BCUT2D eigenvalue weighted by atomic mass is 9.98. The minimum atomic E-state index is -4.35. The minimum absolute atomic E-state index is 0.0570. The normalized spacial score (nSPS) is 21.1. The number of halogens is 4. The molecule has 6 heteroatoms. The lowest BCUT2D eigenvalue weighted by molar-refractivity contribution is -0.137. The molecule has 2 unspecified atom stereocenters. The van der Waals surface area contributed by atoms with Crippen molar-refractivity contribution in [2.75, 3.05) is 11.9 Å². The molecule has 0 aliphatic carbocycles. The Balaban J connectivity index is 2.00. The van der Waals surface area contributed by atoms with Gasteiger partial charge >= 0.3 is 6.18 Å². The Morgan fingerprint density at radius 2 is 2.14 bits per heavy atom. The summed E-state index contributed by atoms with van der Waals surface area (Å²) >= 11 is 5.99. The maximum absolute atomic E-state index is 12.7. The second-order valence-electron chi connectivity index (χ2n) is 5.62. The molecule has 0 saturated carbocycles. The van der Waals surface area contributed by atoms with Crippen molar-refractivity contribution in [1.29, 1.82) is 0 Å². The minimum Gasteiger partial charge on any atom is -0.381 e. The molecule has 0 aromatic heterocycles. The van der Waals surface area contributed by atoms with Crippen LogP contribution in [0, 0.1) is 0 Å². The summed E-state index contributed by atoms with van der Waals surface area (Å²) in [6.07, 6.45) is 0.0244. The van der Waals surface area contributed by atoms with Crippen LogP contribution < -0.4 is 10.6 Å². The lowest BCUT2D eigenvalue weighted by Gasteiger charge is -2.27. The molecule has 21 heavy (non-hydrogen) atoms. The molecule has 0 amide bonds. The van der Waals surface area contributed by atoms with Crippen LogP contribution in [0.4, 0.5) is 18.9 Å². The summed E-state index contributed by atoms with van der Waals surface area (Å²) in [5.74, 6) is 0. The van der Waals surface area contributed by atoms with Gasteiger partial charge in [0.1, 0.15) is 0 Å². The number of hydrogen-bond acceptors (Lipinski definition) is 2. The van der Waals surface area contributed by atoms with Gasteiger partial charge in [0.15, 0.2) is 0 Å². The number of hydrogen-bond donors (Lipinski definition) is 2. The van der Waals surface area contributed by atoms with Gasteiger partial charge in [0, 0.05) is 12.1 Å². The second kappa shape index (κ2) is 6.88. The molecule has 2 atom stereocenters. The zero-order valence-corrected chi connectivity index (χ0v) is 12.7. The molecule has 1 aromatic carbocycles. The van der Waals surface area contributed by atoms with Crippen molar-refractivity contribution in [2.24, 2.45) is 0 Å². The predicted molar refractivity (Wildman–Crippen MR) is 79.8 cm³/mol. The Labute approximate surface area is 128 Å². The van der Waals surface area contributed by atoms with Crippen molar-refractivity contribution in [2.45, 2.75) is 50.9 Å². The first kappa shape index (κ1) is 16.4. The number of piperidine rings is 1. The van der Waals surface area contributed by atoms with E-state index in [0.29, 0.717) is 16.8 Å². The van der Waals surface area contributed by atoms with E-state index in [9.17, 15) is 13.2 Å². The molecule has 1 heterocycles. The summed E-state index contributed by atoms with van der Waals surface area (Å²) in [5, 5.41) is 6.84. The monoisotopic (exact) mass is 320 g/mol. The van der Waals surface area contributed by atoms with E-state index in [1.54, 1.807) is 0 Å². The molecule has 0 bridgehead atoms. The topological polar surface area (TPSA) is 24.1 Å². The third-order valence-corrected chi connectivity index (χ3v) is 4.08. The Hall–Kier alpha value is -0.940. The Morgan fingerprint density at radius 3 is 2.76 bits per heavy atom. The number of nitrogens with one attached hydrogen (secondary N) is 2. The SMILES string of the molecule is CC(CC1CCCCN1)Nc1cc(C(F)(F)F)ccc1Cl. The van der Waals surface area contributed by atoms with Gasteiger partial charge < -0.3 is 10.6 Å². The van der Waals surface area contributed by atoms with E-state index in [-0.39, 0.29) is 6.04 Å². The Morgan fingerprint density at radius 1 is 1.38 bits per heavy atom. The molecule has 1 aliphatic heterocycles. The van der Waals surface area contributed by atoms with Gasteiger partial charge in [0.25, 0.3) is 0 Å². The molecule has 2 nitrogen and oxygen atoms in total. The van der Waals surface area contributed by atoms with Crippen LogP contribution in [-0.2, 0) is 6.18 Å². The number of anilines is 1. The molecule has 1 aliphatic rings. The fraction of sp³-hybridized carbons (Fsp3) is 0.600. The summed E-state index contributed by atoms with van der Waals surface area (Å²) in [4.78, 5) is 0. The van der Waals surface area contributed by atoms with Crippen LogP contribution >= 0.6 is 11.6 Å². The Kier molecular flexibility index (Phi) is 5.38. The van der Waals surface area contributed by atoms with Crippen molar-refractivity contribution >= 4 is 17.3 Å². The highest BCUT2D eigenvalue weighted by molar-refractivity contribution is 6.33. The molecule has 2 rings (SSSR count). The van der Waals surface area contributed by atoms with Crippen LogP contribution in [0.25, 0.3) is 0 Å². The summed E-state index contributed by atoms with van der Waals surface area (Å²) in [6, 6.07) is 3.85. The van der Waals surface area contributed by atoms with Crippen molar-refractivity contribution in [3.63, 3.8) is 0 Å². The van der Waals surface area contributed by atoms with E-state index < -0.39 is 11.7 Å². The highest BCUT2D eigenvalue weighted by Gasteiger charge is 2.31. The van der Waals surface area contributed by atoms with E-state index in [0.717, 1.165) is 31.5 Å². The smallest absolute Gasteiger partial charge is 0.381 e. The molecule has 118 valence electrons. The quantitative estimate of drug-likeness (QED) is 0.841. The third kappa shape index (κ3) is 4.78. The van der Waals surface area contributed by atoms with Gasteiger partial charge in [0.2, 0.25) is 0 Å². The summed E-state index contributed by atoms with van der Waals surface area (Å²) in [5.41, 5.74) is -0.341. The lowest BCUT2D eigenvalue weighted by Crippen LogP contribution is -2.37. The van der Waals surface area contributed by atoms with E-state index in [1.807, 2.05) is 6.92 Å². The second-order valence-corrected chi connectivity index (χ2v) is 6.03. The molecule has 1 fully saturated rings. The first-order valence-corrected chi connectivity index (χ1v) is 7.60. The average molecular weight is 321 g/mol. The van der Waals surface area contributed by atoms with Gasteiger partial charge in [-0.25, -0.2) is 0 Å². The van der Waals surface area contributed by atoms with Crippen LogP contribution in [0.5, 0.6) is 0 Å². The van der Waals surface area contributed by atoms with Crippen molar-refractivity contribution < 1.29 is 13.2 Å². The van der Waals surface area contributed by atoms with Gasteiger partial charge in [-0.1, -0.05) is 18.0 Å². The Bertz CT molecular complexity index is 470. The standard InChI is InChI=1S/C15H20ClF3N2/c1-10(8-12-4-2-3-7-20-12)21-14-9-11(15(17,18)19)5-6-13(14)16/h5-6,9-10,12,20-21H,2-4,7-8H2,1H3. The van der Waals surface area contributed by atoms with Gasteiger partial charge in [-0.05, 0) is 50.9 Å². The first-order chi connectivity index (χ1) is 9.86. The summed E-state index contributed by atoms with van der Waals surface area (Å²) < 4.78 is 38.2. The molecule has 1 aromatic rings. The number of benzene rings is 1. The van der Waals surface area contributed by atoms with E-state index in [2.05, 4.69) is 10.6 Å². The molecule has 1 saturated heterocycles. The zero-order valence-electron chi connectivity index (χ0n) is 11.9. The first-order valence-electron chi connectivity index (χ1n) is 7.23. The van der Waals surface area contributed by atoms with Crippen LogP contribution in [0.1, 0.15) is 38.2 Å². The highest BCUT2D eigenvalue weighted by Crippen LogP contribution is 2.34. The molecule has 0 spiro atoms. The molecular weight excluding hydrogens is 301 g/mol. The highest BCUT2D eigenvalue weighted by atomic mass is 35.5. The number of rotatable bonds is 4. The van der Waals surface area contributed by atoms with Crippen LogP contribution in [0.3, 0.4) is 0 Å². The molecule has 2 N–H and O–H groups in total. The zero-order chi connectivity index (χ0) is 15.5. The maximum atomic E-state index is 12.7. The molecule has 0 radical (unpaired) electrons. The fourth-order valence-corrected chi connectivity index (χ4v) is 2.86. The molecular formula is C15H20ClF3N2. The largest absolute Gasteiger partial charge is 0.416 e. The van der Waals surface area contributed by atoms with Crippen LogP contribution in [-0.4, -0.2) is 18.6 Å². The van der Waals surface area contributed by atoms with Gasteiger partial charge in [-0.15, -0.1) is 0 Å². The van der Waals surface area contributed by atoms with Gasteiger partial charge in [-0.2, -0.15) is 13.2 Å². The van der Waals surface area contributed by atoms with E-state index in [1.165, 1.54) is 18.9 Å². The van der Waals surface area contributed by atoms with E-state index >= 15 is 0 Å². The fourth-order valence-electron chi connectivity index (χ4n) is 2.69. The van der Waals surface area contributed by atoms with Crippen molar-refractivity contribution in [3.05, 3.63) is 28.8 Å². The number of alkyl halides is 3. The van der Waals surface area contributed by atoms with Gasteiger partial charge in [-0.3, -0.25) is 0 Å². The summed E-state index contributed by atoms with van der Waals surface area (Å²) in [6.45, 7) is 2.98. The van der Waals surface area contributed by atoms with E-state index in [4.69, 9.17) is 11.6 Å². The van der Waals surface area contributed by atoms with Crippen molar-refractivity contribution in [1.82, 2.24) is 5.32 Å². The average Bonchev–Trinajstić information content (AvgIpc) is 2.41. The maximum Gasteiger partial charge on any atom is 0.416 e. The summed E-state index contributed by atoms with van der Waals surface area (Å²) in [7, 11) is 0. The third-order valence-electron chi connectivity index (χ3n) is 3.75.